The van der Waals surface area contributed by atoms with Gasteiger partial charge in [0.05, 0.1) is 17.8 Å². The molecule has 0 unspecified atom stereocenters. The van der Waals surface area contributed by atoms with Gasteiger partial charge in [-0.1, -0.05) is 6.07 Å². The summed E-state index contributed by atoms with van der Waals surface area (Å²) >= 11 is 0. The first-order valence-corrected chi connectivity index (χ1v) is 8.15. The number of likely N-dealkylation sites (tertiary alicyclic amines) is 1. The largest absolute Gasteiger partial charge is 0.383 e. The summed E-state index contributed by atoms with van der Waals surface area (Å²) < 4.78 is 0. The Balaban J connectivity index is 1.64. The highest BCUT2D eigenvalue weighted by molar-refractivity contribution is 5.78. The first-order chi connectivity index (χ1) is 11.9. The van der Waals surface area contributed by atoms with Crippen LogP contribution in [0, 0.1) is 6.92 Å². The highest BCUT2D eigenvalue weighted by Gasteiger charge is 2.36. The highest BCUT2D eigenvalue weighted by Crippen LogP contribution is 2.31. The molecule has 25 heavy (non-hydrogen) atoms. The lowest BCUT2D eigenvalue weighted by Crippen LogP contribution is -2.46. The van der Waals surface area contributed by atoms with Crippen LogP contribution in [-0.2, 0) is 16.8 Å². The maximum atomic E-state index is 12.4. The van der Waals surface area contributed by atoms with E-state index in [0.29, 0.717) is 37.3 Å². The number of nitrogen functional groups attached to an aromatic ring is 1. The van der Waals surface area contributed by atoms with Crippen LogP contribution in [0.1, 0.15) is 29.8 Å². The Kier molecular flexibility index (Phi) is 4.54. The lowest BCUT2D eigenvalue weighted by Gasteiger charge is -2.37. The van der Waals surface area contributed by atoms with Crippen LogP contribution < -0.4 is 11.3 Å². The minimum atomic E-state index is -1.02. The van der Waals surface area contributed by atoms with E-state index >= 15 is 0 Å². The number of nitrogens with one attached hydrogen (secondary N) is 1. The van der Waals surface area contributed by atoms with Gasteiger partial charge in [-0.2, -0.15) is 0 Å². The molecule has 2 aromatic heterocycles. The van der Waals surface area contributed by atoms with Crippen molar-refractivity contribution in [3.05, 3.63) is 51.7 Å². The summed E-state index contributed by atoms with van der Waals surface area (Å²) in [4.78, 5) is 36.1. The number of nitrogens with two attached hydrogens (primary N) is 1. The second-order valence-electron chi connectivity index (χ2n) is 6.43. The number of H-pyrrole nitrogens is 1. The van der Waals surface area contributed by atoms with E-state index in [1.165, 1.54) is 6.07 Å². The molecule has 132 valence electrons. The number of pyridine rings is 1. The van der Waals surface area contributed by atoms with E-state index < -0.39 is 5.60 Å². The Labute approximate surface area is 144 Å². The van der Waals surface area contributed by atoms with Gasteiger partial charge in [0.25, 0.3) is 5.56 Å². The normalized spacial score (nSPS) is 16.6. The molecule has 0 saturated carbocycles. The molecule has 1 fully saturated rings. The topological polar surface area (TPSA) is 125 Å². The maximum Gasteiger partial charge on any atom is 0.252 e. The molecule has 3 rings (SSSR count). The van der Waals surface area contributed by atoms with Crippen LogP contribution in [-0.4, -0.2) is 44.0 Å². The number of carbonyl (C=O) groups excluding carboxylic acids is 1. The van der Waals surface area contributed by atoms with Crippen molar-refractivity contribution in [1.82, 2.24) is 19.9 Å². The molecule has 1 saturated heterocycles. The number of hydrogen-bond acceptors (Lipinski definition) is 6. The van der Waals surface area contributed by atoms with Crippen molar-refractivity contribution in [1.29, 1.82) is 0 Å². The lowest BCUT2D eigenvalue weighted by atomic mass is 9.87. The first-order valence-electron chi connectivity index (χ1n) is 8.15. The van der Waals surface area contributed by atoms with Gasteiger partial charge in [-0.05, 0) is 31.4 Å². The number of carbonyl (C=O) groups is 1. The average molecular weight is 343 g/mol. The van der Waals surface area contributed by atoms with E-state index in [1.54, 1.807) is 11.1 Å². The van der Waals surface area contributed by atoms with Crippen LogP contribution in [0.15, 0.2) is 29.2 Å². The van der Waals surface area contributed by atoms with E-state index in [-0.39, 0.29) is 23.8 Å². The number of aryl methyl sites for hydroxylation is 1. The third-order valence-corrected chi connectivity index (χ3v) is 4.48. The van der Waals surface area contributed by atoms with Crippen LogP contribution in [0.4, 0.5) is 5.95 Å². The Morgan fingerprint density at radius 1 is 1.40 bits per heavy atom. The van der Waals surface area contributed by atoms with E-state index in [0.717, 1.165) is 5.56 Å². The minimum absolute atomic E-state index is 0.00577. The fourth-order valence-corrected chi connectivity index (χ4v) is 3.01. The van der Waals surface area contributed by atoms with Crippen molar-refractivity contribution in [2.24, 2.45) is 0 Å². The van der Waals surface area contributed by atoms with E-state index in [9.17, 15) is 14.7 Å². The van der Waals surface area contributed by atoms with Gasteiger partial charge in [-0.15, -0.1) is 0 Å². The summed E-state index contributed by atoms with van der Waals surface area (Å²) in [7, 11) is 0. The van der Waals surface area contributed by atoms with Crippen LogP contribution >= 0.6 is 0 Å². The fourth-order valence-electron chi connectivity index (χ4n) is 3.01. The van der Waals surface area contributed by atoms with Gasteiger partial charge in [0.1, 0.15) is 5.60 Å². The molecule has 0 aliphatic carbocycles. The standard InChI is InChI=1S/C17H21N5O3/c1-11-2-3-13(19-10-11)17(25)4-6-22(7-5-17)15(24)9-12-8-14(23)21-16(18)20-12/h2-3,8,10,25H,4-7,9H2,1H3,(H3,18,20,21,23). The van der Waals surface area contributed by atoms with Crippen molar-refractivity contribution >= 4 is 11.9 Å². The number of nitrogens with zero attached hydrogens (tertiary/aromatic N) is 3. The van der Waals surface area contributed by atoms with Gasteiger partial charge in [0, 0.05) is 25.4 Å². The third kappa shape index (κ3) is 3.85. The molecular formula is C17H21N5O3. The number of anilines is 1. The molecule has 8 heteroatoms. The minimum Gasteiger partial charge on any atom is -0.383 e. The smallest absolute Gasteiger partial charge is 0.252 e. The zero-order valence-corrected chi connectivity index (χ0v) is 14.0. The monoisotopic (exact) mass is 343 g/mol. The fraction of sp³-hybridized carbons (Fsp3) is 0.412. The van der Waals surface area contributed by atoms with Gasteiger partial charge in [-0.25, -0.2) is 4.98 Å². The Morgan fingerprint density at radius 2 is 2.12 bits per heavy atom. The number of aromatic amines is 1. The Bertz CT molecular complexity index is 823. The third-order valence-electron chi connectivity index (χ3n) is 4.48. The van der Waals surface area contributed by atoms with Crippen molar-refractivity contribution in [3.8, 4) is 0 Å². The second-order valence-corrected chi connectivity index (χ2v) is 6.43. The van der Waals surface area contributed by atoms with E-state index in [2.05, 4.69) is 15.0 Å². The molecule has 0 spiro atoms. The van der Waals surface area contributed by atoms with Crippen LogP contribution in [0.2, 0.25) is 0 Å². The molecule has 1 aliphatic rings. The molecule has 0 aromatic carbocycles. The van der Waals surface area contributed by atoms with Gasteiger partial charge in [0.15, 0.2) is 0 Å². The molecule has 0 atom stereocenters. The van der Waals surface area contributed by atoms with Crippen molar-refractivity contribution in [3.63, 3.8) is 0 Å². The van der Waals surface area contributed by atoms with E-state index in [1.807, 2.05) is 19.1 Å². The summed E-state index contributed by atoms with van der Waals surface area (Å²) in [5.41, 5.74) is 6.10. The van der Waals surface area contributed by atoms with Crippen LogP contribution in [0.3, 0.4) is 0 Å². The van der Waals surface area contributed by atoms with Crippen molar-refractivity contribution < 1.29 is 9.90 Å². The predicted molar refractivity (Wildman–Crippen MR) is 91.7 cm³/mol. The maximum absolute atomic E-state index is 12.4. The number of aliphatic hydroxyl groups is 1. The summed E-state index contributed by atoms with van der Waals surface area (Å²) in [5.74, 6) is -0.148. The molecule has 0 radical (unpaired) electrons. The van der Waals surface area contributed by atoms with Crippen LogP contribution in [0.5, 0.6) is 0 Å². The second kappa shape index (κ2) is 6.64. The number of rotatable bonds is 3. The van der Waals surface area contributed by atoms with Crippen molar-refractivity contribution in [2.75, 3.05) is 18.8 Å². The van der Waals surface area contributed by atoms with E-state index in [4.69, 9.17) is 5.73 Å². The number of piperidine rings is 1. The number of hydrogen-bond donors (Lipinski definition) is 3. The summed E-state index contributed by atoms with van der Waals surface area (Å²) in [6, 6.07) is 5.02. The first kappa shape index (κ1) is 17.1. The van der Waals surface area contributed by atoms with Gasteiger partial charge in [-0.3, -0.25) is 19.6 Å². The Hall–Kier alpha value is -2.74. The zero-order valence-electron chi connectivity index (χ0n) is 14.0. The molecule has 4 N–H and O–H groups in total. The number of amides is 1. The molecular weight excluding hydrogens is 322 g/mol. The van der Waals surface area contributed by atoms with Gasteiger partial charge < -0.3 is 15.7 Å². The molecule has 1 aliphatic heterocycles. The highest BCUT2D eigenvalue weighted by atomic mass is 16.3. The molecule has 1 amide bonds. The molecule has 2 aromatic rings. The van der Waals surface area contributed by atoms with Crippen molar-refractivity contribution in [2.45, 2.75) is 31.8 Å². The summed E-state index contributed by atoms with van der Waals surface area (Å²) in [5, 5.41) is 10.8. The summed E-state index contributed by atoms with van der Waals surface area (Å²) in [6.07, 6.45) is 2.57. The van der Waals surface area contributed by atoms with Gasteiger partial charge in [0.2, 0.25) is 11.9 Å². The SMILES string of the molecule is Cc1ccc(C2(O)CCN(C(=O)Cc3cc(=O)[nH]c(N)n3)CC2)nc1. The predicted octanol–water partition coefficient (Wildman–Crippen LogP) is 0.108. The molecule has 3 heterocycles. The molecule has 0 bridgehead atoms. The number of aromatic nitrogens is 3. The zero-order chi connectivity index (χ0) is 18.0. The lowest BCUT2D eigenvalue weighted by molar-refractivity contribution is -0.135. The Morgan fingerprint density at radius 3 is 2.72 bits per heavy atom. The van der Waals surface area contributed by atoms with Crippen LogP contribution in [0.25, 0.3) is 0 Å². The summed E-state index contributed by atoms with van der Waals surface area (Å²) in [6.45, 7) is 2.78. The quantitative estimate of drug-likeness (QED) is 0.726. The molecule has 8 nitrogen and oxygen atoms in total. The van der Waals surface area contributed by atoms with Gasteiger partial charge >= 0.3 is 0 Å². The average Bonchev–Trinajstić information content (AvgIpc) is 2.55.